The fourth-order valence-electron chi connectivity index (χ4n) is 2.99. The summed E-state index contributed by atoms with van der Waals surface area (Å²) in [6.45, 7) is 0. The first kappa shape index (κ1) is 18.8. The van der Waals surface area contributed by atoms with E-state index in [1.54, 1.807) is 0 Å². The minimum atomic E-state index is -4.82. The summed E-state index contributed by atoms with van der Waals surface area (Å²) in [5.74, 6) is -0.349. The van der Waals surface area contributed by atoms with Gasteiger partial charge in [0.25, 0.3) is 0 Å². The Morgan fingerprint density at radius 3 is 1.75 bits per heavy atom. The highest BCUT2D eigenvalue weighted by Gasteiger charge is 2.37. The van der Waals surface area contributed by atoms with Gasteiger partial charge in [-0.25, -0.2) is 0 Å². The van der Waals surface area contributed by atoms with Crippen LogP contribution < -0.4 is 11.1 Å². The van der Waals surface area contributed by atoms with Crippen LogP contribution in [-0.2, 0) is 12.4 Å². The molecule has 1 fully saturated rings. The van der Waals surface area contributed by atoms with Gasteiger partial charge >= 0.3 is 12.4 Å². The van der Waals surface area contributed by atoms with E-state index in [9.17, 15) is 26.3 Å². The monoisotopic (exact) mass is 370 g/mol. The Hall–Kier alpha value is -1.51. The topological polar surface area (TPSA) is 38.0 Å². The molecule has 0 bridgehead atoms. The summed E-state index contributed by atoms with van der Waals surface area (Å²) >= 11 is 4.73. The van der Waals surface area contributed by atoms with Crippen molar-refractivity contribution in [2.75, 3.05) is 0 Å². The van der Waals surface area contributed by atoms with Gasteiger partial charge in [-0.1, -0.05) is 0 Å². The lowest BCUT2D eigenvalue weighted by Gasteiger charge is -2.30. The second-order valence-corrected chi connectivity index (χ2v) is 6.34. The summed E-state index contributed by atoms with van der Waals surface area (Å²) in [6.07, 6.45) is -7.53. The molecule has 1 aliphatic rings. The minimum Gasteiger partial charge on any atom is -0.376 e. The summed E-state index contributed by atoms with van der Waals surface area (Å²) in [4.78, 5) is 0. The molecular formula is C15H16F6N2S. The van der Waals surface area contributed by atoms with Crippen molar-refractivity contribution in [2.24, 2.45) is 5.73 Å². The summed E-state index contributed by atoms with van der Waals surface area (Å²) in [6, 6.07) is 1.80. The smallest absolute Gasteiger partial charge is 0.376 e. The van der Waals surface area contributed by atoms with Crippen LogP contribution in [0.4, 0.5) is 26.3 Å². The number of alkyl halides is 6. The first-order chi connectivity index (χ1) is 11.0. The van der Waals surface area contributed by atoms with Crippen LogP contribution in [0.1, 0.15) is 48.3 Å². The lowest BCUT2D eigenvalue weighted by molar-refractivity contribution is -0.143. The number of benzene rings is 1. The standard InChI is InChI=1S/C15H16F6N2S/c16-14(17,18)10-5-9(6-11(7-10)15(19,20)21)8-1-3-12(4-2-8)23-13(22)24/h5-8,12H,1-4H2,(H3,22,23,24). The van der Waals surface area contributed by atoms with Crippen molar-refractivity contribution in [3.05, 3.63) is 34.9 Å². The second kappa shape index (κ2) is 6.78. The highest BCUT2D eigenvalue weighted by Crippen LogP contribution is 2.40. The molecular weight excluding hydrogens is 354 g/mol. The first-order valence-corrected chi connectivity index (χ1v) is 7.73. The van der Waals surface area contributed by atoms with Gasteiger partial charge in [-0.05, 0) is 67.6 Å². The fraction of sp³-hybridized carbons (Fsp3) is 0.533. The van der Waals surface area contributed by atoms with Gasteiger partial charge in [-0.3, -0.25) is 0 Å². The van der Waals surface area contributed by atoms with Crippen LogP contribution in [0, 0.1) is 0 Å². The summed E-state index contributed by atoms with van der Waals surface area (Å²) in [7, 11) is 0. The van der Waals surface area contributed by atoms with E-state index in [4.69, 9.17) is 18.0 Å². The molecule has 0 saturated heterocycles. The third-order valence-corrected chi connectivity index (χ3v) is 4.27. The fourth-order valence-corrected chi connectivity index (χ4v) is 3.15. The SMILES string of the molecule is NC(=S)NC1CCC(c2cc(C(F)(F)F)cc(C(F)(F)F)c2)CC1. The van der Waals surface area contributed by atoms with E-state index in [0.29, 0.717) is 25.7 Å². The summed E-state index contributed by atoms with van der Waals surface area (Å²) in [5.41, 5.74) is 2.91. The Balaban J connectivity index is 2.25. The number of nitrogens with two attached hydrogens (primary N) is 1. The Bertz CT molecular complexity index is 571. The van der Waals surface area contributed by atoms with Crippen LogP contribution >= 0.6 is 12.2 Å². The number of halogens is 6. The lowest BCUT2D eigenvalue weighted by atomic mass is 9.81. The van der Waals surface area contributed by atoms with Gasteiger partial charge in [0, 0.05) is 6.04 Å². The molecule has 1 saturated carbocycles. The Morgan fingerprint density at radius 2 is 1.38 bits per heavy atom. The average molecular weight is 370 g/mol. The van der Waals surface area contributed by atoms with E-state index in [1.165, 1.54) is 0 Å². The van der Waals surface area contributed by atoms with E-state index in [0.717, 1.165) is 12.1 Å². The molecule has 0 radical (unpaired) electrons. The third kappa shape index (κ3) is 4.75. The van der Waals surface area contributed by atoms with Crippen LogP contribution in [0.15, 0.2) is 18.2 Å². The van der Waals surface area contributed by atoms with Crippen LogP contribution in [0.25, 0.3) is 0 Å². The van der Waals surface area contributed by atoms with Gasteiger partial charge in [-0.2, -0.15) is 26.3 Å². The van der Waals surface area contributed by atoms with E-state index < -0.39 is 23.5 Å². The number of rotatable bonds is 2. The first-order valence-electron chi connectivity index (χ1n) is 7.32. The van der Waals surface area contributed by atoms with Gasteiger partial charge in [0.2, 0.25) is 0 Å². The number of hydrogen-bond donors (Lipinski definition) is 2. The highest BCUT2D eigenvalue weighted by molar-refractivity contribution is 7.80. The maximum Gasteiger partial charge on any atom is 0.416 e. The number of thiocarbonyl (C=S) groups is 1. The number of hydrogen-bond acceptors (Lipinski definition) is 1. The molecule has 2 rings (SSSR count). The number of nitrogens with one attached hydrogen (secondary N) is 1. The molecule has 2 nitrogen and oxygen atoms in total. The summed E-state index contributed by atoms with van der Waals surface area (Å²) < 4.78 is 77.4. The normalized spacial score (nSPS) is 22.2. The Labute approximate surface area is 140 Å². The Morgan fingerprint density at radius 1 is 0.917 bits per heavy atom. The molecule has 0 unspecified atom stereocenters. The van der Waals surface area contributed by atoms with Gasteiger partial charge in [0.1, 0.15) is 0 Å². The van der Waals surface area contributed by atoms with Crippen LogP contribution in [0.3, 0.4) is 0 Å². The third-order valence-electron chi connectivity index (χ3n) is 4.15. The van der Waals surface area contributed by atoms with Gasteiger partial charge in [-0.15, -0.1) is 0 Å². The molecule has 1 aromatic rings. The quantitative estimate of drug-likeness (QED) is 0.591. The second-order valence-electron chi connectivity index (χ2n) is 5.90. The molecule has 9 heteroatoms. The predicted molar refractivity (Wildman–Crippen MR) is 81.4 cm³/mol. The molecule has 0 amide bonds. The molecule has 0 aromatic heterocycles. The molecule has 0 spiro atoms. The highest BCUT2D eigenvalue weighted by atomic mass is 32.1. The van der Waals surface area contributed by atoms with E-state index >= 15 is 0 Å². The average Bonchev–Trinajstić information content (AvgIpc) is 2.45. The molecule has 1 aliphatic carbocycles. The molecule has 1 aromatic carbocycles. The molecule has 0 heterocycles. The lowest BCUT2D eigenvalue weighted by Crippen LogP contribution is -2.40. The molecule has 0 aliphatic heterocycles. The van der Waals surface area contributed by atoms with Crippen molar-refractivity contribution in [2.45, 2.75) is 50.0 Å². The zero-order valence-corrected chi connectivity index (χ0v) is 13.3. The molecule has 0 atom stereocenters. The van der Waals surface area contributed by atoms with Crippen LogP contribution in [0.2, 0.25) is 0 Å². The van der Waals surface area contributed by atoms with Crippen molar-refractivity contribution in [3.63, 3.8) is 0 Å². The largest absolute Gasteiger partial charge is 0.416 e. The maximum absolute atomic E-state index is 12.9. The van der Waals surface area contributed by atoms with Crippen molar-refractivity contribution in [1.29, 1.82) is 0 Å². The van der Waals surface area contributed by atoms with Crippen molar-refractivity contribution >= 4 is 17.3 Å². The predicted octanol–water partition coefficient (Wildman–Crippen LogP) is 4.58. The van der Waals surface area contributed by atoms with Gasteiger partial charge in [0.05, 0.1) is 11.1 Å². The van der Waals surface area contributed by atoms with Crippen LogP contribution in [0.5, 0.6) is 0 Å². The maximum atomic E-state index is 12.9. The molecule has 24 heavy (non-hydrogen) atoms. The minimum absolute atomic E-state index is 0.00614. The van der Waals surface area contributed by atoms with E-state index in [-0.39, 0.29) is 28.7 Å². The van der Waals surface area contributed by atoms with E-state index in [1.807, 2.05) is 0 Å². The van der Waals surface area contributed by atoms with Crippen molar-refractivity contribution < 1.29 is 26.3 Å². The zero-order chi connectivity index (χ0) is 18.1. The van der Waals surface area contributed by atoms with E-state index in [2.05, 4.69) is 5.32 Å². The summed E-state index contributed by atoms with van der Waals surface area (Å²) in [5, 5.41) is 3.01. The van der Waals surface area contributed by atoms with Gasteiger partial charge < -0.3 is 11.1 Å². The van der Waals surface area contributed by atoms with Gasteiger partial charge in [0.15, 0.2) is 5.11 Å². The van der Waals surface area contributed by atoms with Crippen molar-refractivity contribution in [3.8, 4) is 0 Å². The van der Waals surface area contributed by atoms with Crippen LogP contribution in [-0.4, -0.2) is 11.2 Å². The zero-order valence-electron chi connectivity index (χ0n) is 12.5. The molecule has 134 valence electrons. The van der Waals surface area contributed by atoms with Crippen molar-refractivity contribution in [1.82, 2.24) is 5.32 Å². The Kier molecular flexibility index (Phi) is 5.31. The molecule has 3 N–H and O–H groups in total.